The molecule has 176 valence electrons. The Hall–Kier alpha value is -3.00. The van der Waals surface area contributed by atoms with Crippen molar-refractivity contribution >= 4 is 32.5 Å². The molecular weight excluding hydrogens is 470 g/mol. The molecule has 0 amide bonds. The van der Waals surface area contributed by atoms with E-state index in [-0.39, 0.29) is 10.5 Å². The first-order chi connectivity index (χ1) is 16.3. The SMILES string of the molecule is CCCCN(C(C)c1nc2ccccc2c(=O)n1-c1ccc(Cl)cc1)S(=O)(=O)c1ccccc1. The number of halogens is 1. The Labute approximate surface area is 204 Å². The molecule has 1 heterocycles. The number of para-hydroxylation sites is 1. The van der Waals surface area contributed by atoms with Crippen molar-refractivity contribution in [2.45, 2.75) is 37.6 Å². The van der Waals surface area contributed by atoms with E-state index in [0.717, 1.165) is 6.42 Å². The molecule has 0 fully saturated rings. The van der Waals surface area contributed by atoms with Crippen molar-refractivity contribution in [1.29, 1.82) is 0 Å². The number of unbranched alkanes of at least 4 members (excludes halogenated alkanes) is 1. The maximum atomic E-state index is 13.7. The van der Waals surface area contributed by atoms with Crippen molar-refractivity contribution in [2.24, 2.45) is 0 Å². The fourth-order valence-corrected chi connectivity index (χ4v) is 5.74. The monoisotopic (exact) mass is 495 g/mol. The first-order valence-electron chi connectivity index (χ1n) is 11.2. The van der Waals surface area contributed by atoms with E-state index >= 15 is 0 Å². The second-order valence-electron chi connectivity index (χ2n) is 8.06. The highest BCUT2D eigenvalue weighted by Gasteiger charge is 2.32. The number of hydrogen-bond donors (Lipinski definition) is 0. The maximum absolute atomic E-state index is 13.7. The van der Waals surface area contributed by atoms with Crippen LogP contribution in [0.25, 0.3) is 16.6 Å². The summed E-state index contributed by atoms with van der Waals surface area (Å²) in [5.41, 5.74) is 0.830. The van der Waals surface area contributed by atoms with Gasteiger partial charge in [0.25, 0.3) is 5.56 Å². The van der Waals surface area contributed by atoms with Crippen LogP contribution in [0, 0.1) is 0 Å². The van der Waals surface area contributed by atoms with Crippen molar-refractivity contribution in [3.05, 3.63) is 100 Å². The lowest BCUT2D eigenvalue weighted by molar-refractivity contribution is 0.322. The third-order valence-corrected chi connectivity index (χ3v) is 8.01. The molecule has 34 heavy (non-hydrogen) atoms. The molecule has 1 aromatic heterocycles. The molecule has 4 aromatic rings. The molecule has 0 N–H and O–H groups in total. The first kappa shape index (κ1) is 24.1. The van der Waals surface area contributed by atoms with E-state index in [1.54, 1.807) is 79.7 Å². The molecule has 6 nitrogen and oxygen atoms in total. The van der Waals surface area contributed by atoms with Crippen molar-refractivity contribution in [1.82, 2.24) is 13.9 Å². The lowest BCUT2D eigenvalue weighted by Gasteiger charge is -2.29. The van der Waals surface area contributed by atoms with E-state index in [2.05, 4.69) is 0 Å². The molecule has 0 saturated heterocycles. The number of fused-ring (bicyclic) bond motifs is 1. The summed E-state index contributed by atoms with van der Waals surface area (Å²) >= 11 is 6.08. The van der Waals surface area contributed by atoms with Crippen molar-refractivity contribution in [3.8, 4) is 5.69 Å². The lowest BCUT2D eigenvalue weighted by atomic mass is 10.2. The van der Waals surface area contributed by atoms with Gasteiger partial charge in [-0.1, -0.05) is 55.3 Å². The number of sulfonamides is 1. The van der Waals surface area contributed by atoms with Gasteiger partial charge in [-0.3, -0.25) is 9.36 Å². The van der Waals surface area contributed by atoms with Gasteiger partial charge in [-0.25, -0.2) is 13.4 Å². The average Bonchev–Trinajstić information content (AvgIpc) is 2.85. The van der Waals surface area contributed by atoms with E-state index in [9.17, 15) is 13.2 Å². The molecule has 3 aromatic carbocycles. The fraction of sp³-hybridized carbons (Fsp3) is 0.231. The van der Waals surface area contributed by atoms with Crippen LogP contribution in [0.4, 0.5) is 0 Å². The van der Waals surface area contributed by atoms with Gasteiger partial charge in [-0.05, 0) is 61.9 Å². The Morgan fingerprint density at radius 1 is 0.971 bits per heavy atom. The smallest absolute Gasteiger partial charge is 0.266 e. The van der Waals surface area contributed by atoms with Crippen LogP contribution in [0.1, 0.15) is 38.6 Å². The second-order valence-corrected chi connectivity index (χ2v) is 10.4. The summed E-state index contributed by atoms with van der Waals surface area (Å²) in [4.78, 5) is 18.6. The topological polar surface area (TPSA) is 72.3 Å². The maximum Gasteiger partial charge on any atom is 0.266 e. The van der Waals surface area contributed by atoms with Crippen LogP contribution < -0.4 is 5.56 Å². The molecule has 1 atom stereocenters. The van der Waals surface area contributed by atoms with Crippen molar-refractivity contribution in [2.75, 3.05) is 6.54 Å². The van der Waals surface area contributed by atoms with Crippen molar-refractivity contribution in [3.63, 3.8) is 0 Å². The van der Waals surface area contributed by atoms with Crippen LogP contribution in [-0.4, -0.2) is 28.8 Å². The summed E-state index contributed by atoms with van der Waals surface area (Å²) in [5, 5.41) is 0.996. The minimum Gasteiger partial charge on any atom is -0.268 e. The summed E-state index contributed by atoms with van der Waals surface area (Å²) in [6.45, 7) is 4.09. The first-order valence-corrected chi connectivity index (χ1v) is 13.0. The molecule has 0 saturated carbocycles. The number of nitrogens with zero attached hydrogens (tertiary/aromatic N) is 3. The highest BCUT2D eigenvalue weighted by molar-refractivity contribution is 7.89. The number of benzene rings is 3. The highest BCUT2D eigenvalue weighted by Crippen LogP contribution is 2.29. The standard InChI is InChI=1S/C26H26ClN3O3S/c1-3-4-18-29(34(32,33)22-10-6-5-7-11-22)19(2)25-28-24-13-9-8-12-23(24)26(31)30(25)21-16-14-20(27)15-17-21/h5-17,19H,3-4,18H2,1-2H3. The Kier molecular flexibility index (Phi) is 7.16. The number of aromatic nitrogens is 2. The zero-order valence-electron chi connectivity index (χ0n) is 19.1. The Morgan fingerprint density at radius 2 is 1.62 bits per heavy atom. The van der Waals surface area contributed by atoms with Gasteiger partial charge in [0, 0.05) is 11.6 Å². The van der Waals surface area contributed by atoms with E-state index in [0.29, 0.717) is 40.4 Å². The molecule has 4 rings (SSSR count). The van der Waals surface area contributed by atoms with Crippen LogP contribution in [0.15, 0.2) is 88.6 Å². The summed E-state index contributed by atoms with van der Waals surface area (Å²) < 4.78 is 30.3. The second kappa shape index (κ2) is 10.1. The van der Waals surface area contributed by atoms with Gasteiger partial charge in [0.15, 0.2) is 0 Å². The average molecular weight is 496 g/mol. The van der Waals surface area contributed by atoms with E-state index in [1.165, 1.54) is 8.87 Å². The Balaban J connectivity index is 1.95. The molecule has 8 heteroatoms. The van der Waals surface area contributed by atoms with Gasteiger partial charge < -0.3 is 0 Å². The molecular formula is C26H26ClN3O3S. The van der Waals surface area contributed by atoms with Gasteiger partial charge in [-0.2, -0.15) is 4.31 Å². The van der Waals surface area contributed by atoms with Gasteiger partial charge in [0.1, 0.15) is 5.82 Å². The third-order valence-electron chi connectivity index (χ3n) is 5.77. The van der Waals surface area contributed by atoms with Crippen LogP contribution in [-0.2, 0) is 10.0 Å². The van der Waals surface area contributed by atoms with E-state index in [1.807, 2.05) is 13.0 Å². The van der Waals surface area contributed by atoms with Crippen LogP contribution in [0.2, 0.25) is 5.02 Å². The largest absolute Gasteiger partial charge is 0.268 e. The van der Waals surface area contributed by atoms with Crippen molar-refractivity contribution < 1.29 is 8.42 Å². The normalized spacial score (nSPS) is 12.8. The Morgan fingerprint density at radius 3 is 2.29 bits per heavy atom. The Bertz CT molecular complexity index is 1450. The quantitative estimate of drug-likeness (QED) is 0.319. The highest BCUT2D eigenvalue weighted by atomic mass is 35.5. The molecule has 0 spiro atoms. The molecule has 0 aliphatic heterocycles. The van der Waals surface area contributed by atoms with E-state index < -0.39 is 16.1 Å². The fourth-order valence-electron chi connectivity index (χ4n) is 3.96. The van der Waals surface area contributed by atoms with E-state index in [4.69, 9.17) is 16.6 Å². The molecule has 0 bridgehead atoms. The van der Waals surface area contributed by atoms with Crippen LogP contribution in [0.3, 0.4) is 0 Å². The summed E-state index contributed by atoms with van der Waals surface area (Å²) in [5.74, 6) is 0.349. The molecule has 0 radical (unpaired) electrons. The molecule has 0 aliphatic carbocycles. The zero-order chi connectivity index (χ0) is 24.3. The van der Waals surface area contributed by atoms with Gasteiger partial charge in [0.05, 0.1) is 27.5 Å². The molecule has 1 unspecified atom stereocenters. The molecule has 0 aliphatic rings. The van der Waals surface area contributed by atoms with Gasteiger partial charge in [0.2, 0.25) is 10.0 Å². The predicted molar refractivity (Wildman–Crippen MR) is 136 cm³/mol. The van der Waals surface area contributed by atoms with Crippen LogP contribution in [0.5, 0.6) is 0 Å². The van der Waals surface area contributed by atoms with Crippen LogP contribution >= 0.6 is 11.6 Å². The minimum atomic E-state index is -3.84. The predicted octanol–water partition coefficient (Wildman–Crippen LogP) is 5.59. The summed E-state index contributed by atoms with van der Waals surface area (Å²) in [6, 6.07) is 21.6. The third kappa shape index (κ3) is 4.64. The zero-order valence-corrected chi connectivity index (χ0v) is 20.6. The summed E-state index contributed by atoms with van der Waals surface area (Å²) in [6.07, 6.45) is 1.50. The van der Waals surface area contributed by atoms with Gasteiger partial charge in [-0.15, -0.1) is 0 Å². The van der Waals surface area contributed by atoms with Gasteiger partial charge >= 0.3 is 0 Å². The summed E-state index contributed by atoms with van der Waals surface area (Å²) in [7, 11) is -3.84. The minimum absolute atomic E-state index is 0.208. The number of hydrogen-bond acceptors (Lipinski definition) is 4. The number of rotatable bonds is 8. The lowest BCUT2D eigenvalue weighted by Crippen LogP contribution is -2.38.